The summed E-state index contributed by atoms with van der Waals surface area (Å²) in [7, 11) is 9.11. The summed E-state index contributed by atoms with van der Waals surface area (Å²) >= 11 is 0. The number of hydrogen-bond acceptors (Lipinski definition) is 5. The third kappa shape index (κ3) is 7.07. The largest absolute Gasteiger partial charge is 0.496 e. The maximum Gasteiger partial charge on any atom is 0.191 e. The summed E-state index contributed by atoms with van der Waals surface area (Å²) in [6.45, 7) is 4.22. The van der Waals surface area contributed by atoms with Crippen LogP contribution in [-0.4, -0.2) is 65.9 Å². The molecule has 7 nitrogen and oxygen atoms in total. The number of methoxy groups -OCH3 is 3. The third-order valence-electron chi connectivity index (χ3n) is 5.06. The third-order valence-corrected chi connectivity index (χ3v) is 5.06. The minimum Gasteiger partial charge on any atom is -0.496 e. The number of nitrogens with one attached hydrogen (secondary N) is 2. The van der Waals surface area contributed by atoms with Gasteiger partial charge >= 0.3 is 0 Å². The molecule has 0 aliphatic heterocycles. The van der Waals surface area contributed by atoms with Crippen molar-refractivity contribution in [3.8, 4) is 17.2 Å². The molecule has 31 heavy (non-hydrogen) atoms. The number of likely N-dealkylation sites (N-methyl/N-ethyl adjacent to an activating group) is 1. The van der Waals surface area contributed by atoms with Gasteiger partial charge in [-0.05, 0) is 56.8 Å². The second kappa shape index (κ2) is 12.7. The molecule has 0 aromatic heterocycles. The van der Waals surface area contributed by atoms with Gasteiger partial charge in [0.15, 0.2) is 17.5 Å². The second-order valence-electron chi connectivity index (χ2n) is 7.30. The number of guanidine groups is 1. The minimum atomic E-state index is 0.101. The normalized spacial score (nSPS) is 12.4. The summed E-state index contributed by atoms with van der Waals surface area (Å²) in [5.41, 5.74) is 2.29. The van der Waals surface area contributed by atoms with E-state index in [2.05, 4.69) is 48.7 Å². The highest BCUT2D eigenvalue weighted by atomic mass is 16.5. The summed E-state index contributed by atoms with van der Waals surface area (Å²) in [4.78, 5) is 6.99. The first-order valence-electron chi connectivity index (χ1n) is 10.6. The van der Waals surface area contributed by atoms with Crippen LogP contribution in [0.4, 0.5) is 0 Å². The van der Waals surface area contributed by atoms with Crippen molar-refractivity contribution in [2.45, 2.75) is 19.4 Å². The fourth-order valence-corrected chi connectivity index (χ4v) is 3.37. The van der Waals surface area contributed by atoms with E-state index in [-0.39, 0.29) is 6.04 Å². The van der Waals surface area contributed by atoms with Crippen molar-refractivity contribution in [3.63, 3.8) is 0 Å². The summed E-state index contributed by atoms with van der Waals surface area (Å²) in [5, 5.41) is 6.76. The predicted octanol–water partition coefficient (Wildman–Crippen LogP) is 3.11. The zero-order chi connectivity index (χ0) is 22.6. The van der Waals surface area contributed by atoms with Gasteiger partial charge in [0.05, 0.1) is 33.9 Å². The Labute approximate surface area is 186 Å². The number of para-hydroxylation sites is 1. The molecule has 0 aliphatic carbocycles. The van der Waals surface area contributed by atoms with Gasteiger partial charge < -0.3 is 29.7 Å². The van der Waals surface area contributed by atoms with E-state index in [1.807, 2.05) is 30.3 Å². The van der Waals surface area contributed by atoms with Gasteiger partial charge in [0.1, 0.15) is 5.75 Å². The summed E-state index contributed by atoms with van der Waals surface area (Å²) in [5.74, 6) is 3.15. The first-order valence-corrected chi connectivity index (χ1v) is 10.6. The van der Waals surface area contributed by atoms with E-state index in [9.17, 15) is 0 Å². The predicted molar refractivity (Wildman–Crippen MR) is 127 cm³/mol. The molecule has 7 heteroatoms. The van der Waals surface area contributed by atoms with E-state index >= 15 is 0 Å². The molecular weight excluding hydrogens is 392 g/mol. The molecular formula is C24H36N4O3. The van der Waals surface area contributed by atoms with Gasteiger partial charge in [0.2, 0.25) is 0 Å². The topological polar surface area (TPSA) is 67.4 Å². The monoisotopic (exact) mass is 428 g/mol. The molecule has 0 radical (unpaired) electrons. The summed E-state index contributed by atoms with van der Waals surface area (Å²) in [6.07, 6.45) is 0.848. The molecule has 0 spiro atoms. The van der Waals surface area contributed by atoms with Crippen molar-refractivity contribution >= 4 is 5.96 Å². The van der Waals surface area contributed by atoms with Crippen LogP contribution in [-0.2, 0) is 6.42 Å². The smallest absolute Gasteiger partial charge is 0.191 e. The van der Waals surface area contributed by atoms with E-state index in [0.717, 1.165) is 48.3 Å². The van der Waals surface area contributed by atoms with Crippen LogP contribution in [0.3, 0.4) is 0 Å². The average molecular weight is 429 g/mol. The second-order valence-corrected chi connectivity index (χ2v) is 7.30. The quantitative estimate of drug-likeness (QED) is 0.423. The molecule has 2 aromatic rings. The fourth-order valence-electron chi connectivity index (χ4n) is 3.37. The molecule has 2 aromatic carbocycles. The summed E-state index contributed by atoms with van der Waals surface area (Å²) in [6, 6.07) is 14.2. The van der Waals surface area contributed by atoms with Crippen LogP contribution >= 0.6 is 0 Å². The SMILES string of the molecule is CCNC(=NCC(c1ccc(OC)c(OC)c1)N(C)C)NCCc1ccccc1OC. The molecule has 0 saturated carbocycles. The van der Waals surface area contributed by atoms with E-state index in [1.165, 1.54) is 5.56 Å². The molecule has 0 heterocycles. The Morgan fingerprint density at radius 3 is 2.29 bits per heavy atom. The summed E-state index contributed by atoms with van der Waals surface area (Å²) < 4.78 is 16.3. The van der Waals surface area contributed by atoms with Gasteiger partial charge in [-0.1, -0.05) is 24.3 Å². The zero-order valence-electron chi connectivity index (χ0n) is 19.6. The zero-order valence-corrected chi connectivity index (χ0v) is 19.6. The number of hydrogen-bond donors (Lipinski definition) is 2. The first kappa shape index (κ1) is 24.3. The molecule has 0 saturated heterocycles. The van der Waals surface area contributed by atoms with Gasteiger partial charge in [-0.2, -0.15) is 0 Å². The molecule has 0 amide bonds. The van der Waals surface area contributed by atoms with Crippen LogP contribution in [0.15, 0.2) is 47.5 Å². The number of aliphatic imine (C=N–C) groups is 1. The van der Waals surface area contributed by atoms with E-state index in [1.54, 1.807) is 21.3 Å². The van der Waals surface area contributed by atoms with Gasteiger partial charge in [-0.15, -0.1) is 0 Å². The number of rotatable bonds is 11. The maximum atomic E-state index is 5.47. The highest BCUT2D eigenvalue weighted by molar-refractivity contribution is 5.79. The van der Waals surface area contributed by atoms with Crippen molar-refractivity contribution in [1.29, 1.82) is 0 Å². The maximum absolute atomic E-state index is 5.47. The lowest BCUT2D eigenvalue weighted by Gasteiger charge is -2.24. The molecule has 0 aliphatic rings. The van der Waals surface area contributed by atoms with Crippen LogP contribution in [0.25, 0.3) is 0 Å². The number of benzene rings is 2. The van der Waals surface area contributed by atoms with Crippen molar-refractivity contribution in [2.24, 2.45) is 4.99 Å². The Morgan fingerprint density at radius 1 is 0.935 bits per heavy atom. The standard InChI is InChI=1S/C24H36N4O3/c1-7-25-24(26-15-14-18-10-8-9-11-21(18)29-4)27-17-20(28(2)3)19-12-13-22(30-5)23(16-19)31-6/h8-13,16,20H,7,14-15,17H2,1-6H3,(H2,25,26,27). The van der Waals surface area contributed by atoms with Crippen LogP contribution in [0, 0.1) is 0 Å². The molecule has 0 bridgehead atoms. The van der Waals surface area contributed by atoms with Crippen LogP contribution in [0.1, 0.15) is 24.1 Å². The number of nitrogens with zero attached hydrogens (tertiary/aromatic N) is 2. The minimum absolute atomic E-state index is 0.101. The lowest BCUT2D eigenvalue weighted by molar-refractivity contribution is 0.303. The Kier molecular flexibility index (Phi) is 9.97. The molecule has 2 rings (SSSR count). The lowest BCUT2D eigenvalue weighted by atomic mass is 10.1. The van der Waals surface area contributed by atoms with E-state index in [0.29, 0.717) is 6.54 Å². The Morgan fingerprint density at radius 2 is 1.65 bits per heavy atom. The van der Waals surface area contributed by atoms with Crippen molar-refractivity contribution in [3.05, 3.63) is 53.6 Å². The molecule has 2 N–H and O–H groups in total. The van der Waals surface area contributed by atoms with Crippen LogP contribution in [0.2, 0.25) is 0 Å². The van der Waals surface area contributed by atoms with Gasteiger partial charge in [-0.3, -0.25) is 4.99 Å². The number of ether oxygens (including phenoxy) is 3. The van der Waals surface area contributed by atoms with Gasteiger partial charge in [-0.25, -0.2) is 0 Å². The highest BCUT2D eigenvalue weighted by Gasteiger charge is 2.17. The Hall–Kier alpha value is -2.93. The van der Waals surface area contributed by atoms with E-state index in [4.69, 9.17) is 19.2 Å². The fraction of sp³-hybridized carbons (Fsp3) is 0.458. The average Bonchev–Trinajstić information content (AvgIpc) is 2.79. The molecule has 1 unspecified atom stereocenters. The Bertz CT molecular complexity index is 839. The first-order chi connectivity index (χ1) is 15.0. The lowest BCUT2D eigenvalue weighted by Crippen LogP contribution is -2.39. The molecule has 1 atom stereocenters. The Balaban J connectivity index is 2.08. The van der Waals surface area contributed by atoms with Crippen LogP contribution < -0.4 is 24.8 Å². The molecule has 170 valence electrons. The van der Waals surface area contributed by atoms with Crippen molar-refractivity contribution in [1.82, 2.24) is 15.5 Å². The highest BCUT2D eigenvalue weighted by Crippen LogP contribution is 2.31. The van der Waals surface area contributed by atoms with Gasteiger partial charge in [0, 0.05) is 13.1 Å². The molecule has 0 fully saturated rings. The van der Waals surface area contributed by atoms with Crippen molar-refractivity contribution in [2.75, 3.05) is 55.1 Å². The van der Waals surface area contributed by atoms with Crippen molar-refractivity contribution < 1.29 is 14.2 Å². The van der Waals surface area contributed by atoms with E-state index < -0.39 is 0 Å². The van der Waals surface area contributed by atoms with Crippen LogP contribution in [0.5, 0.6) is 17.2 Å². The van der Waals surface area contributed by atoms with Gasteiger partial charge in [0.25, 0.3) is 0 Å².